The van der Waals surface area contributed by atoms with Crippen molar-refractivity contribution in [3.05, 3.63) is 69.3 Å². The van der Waals surface area contributed by atoms with Gasteiger partial charge in [-0.05, 0) is 24.3 Å². The van der Waals surface area contributed by atoms with E-state index in [9.17, 15) is 9.59 Å². The molecule has 148 valence electrons. The Labute approximate surface area is 169 Å². The van der Waals surface area contributed by atoms with Crippen LogP contribution in [0.2, 0.25) is 0 Å². The van der Waals surface area contributed by atoms with E-state index in [2.05, 4.69) is 4.99 Å². The van der Waals surface area contributed by atoms with E-state index in [0.29, 0.717) is 34.7 Å². The third-order valence-electron chi connectivity index (χ3n) is 4.51. The second kappa shape index (κ2) is 8.02. The van der Waals surface area contributed by atoms with E-state index in [1.54, 1.807) is 38.5 Å². The van der Waals surface area contributed by atoms with Gasteiger partial charge in [0.05, 0.1) is 23.8 Å². The highest BCUT2D eigenvalue weighted by Crippen LogP contribution is 2.27. The number of carbonyl (C=O) groups excluding carboxylic acids is 1. The molecule has 29 heavy (non-hydrogen) atoms. The molecule has 0 atom stereocenters. The molecule has 2 aromatic heterocycles. The first kappa shape index (κ1) is 19.1. The number of carbonyl (C=O) groups is 1. The van der Waals surface area contributed by atoms with Crippen LogP contribution in [0.1, 0.15) is 10.4 Å². The highest BCUT2D eigenvalue weighted by Gasteiger charge is 2.16. The molecule has 0 aliphatic rings. The first-order chi connectivity index (χ1) is 14.1. The number of ether oxygens (including phenoxy) is 2. The third-order valence-corrected chi connectivity index (χ3v) is 5.55. The molecule has 0 radical (unpaired) electrons. The first-order valence-electron chi connectivity index (χ1n) is 8.89. The molecule has 0 saturated heterocycles. The van der Waals surface area contributed by atoms with E-state index in [0.717, 1.165) is 10.2 Å². The molecule has 0 N–H and O–H groups in total. The number of hydrogen-bond acceptors (Lipinski definition) is 6. The van der Waals surface area contributed by atoms with E-state index >= 15 is 0 Å². The average molecular weight is 410 g/mol. The summed E-state index contributed by atoms with van der Waals surface area (Å²) in [5.74, 6) is 0.0233. The Hall–Kier alpha value is -3.23. The van der Waals surface area contributed by atoms with Crippen LogP contribution < -0.4 is 15.0 Å². The lowest BCUT2D eigenvalue weighted by Gasteiger charge is -2.07. The van der Waals surface area contributed by atoms with Crippen LogP contribution in [0.15, 0.2) is 62.9 Å². The predicted octanol–water partition coefficient (Wildman–Crippen LogP) is 3.21. The predicted molar refractivity (Wildman–Crippen MR) is 111 cm³/mol. The highest BCUT2D eigenvalue weighted by molar-refractivity contribution is 7.16. The van der Waals surface area contributed by atoms with E-state index in [4.69, 9.17) is 13.9 Å². The SMILES string of the molecule is COCCn1c(=NC(=O)c2coc3ccccc3c2=O)sc2cccc(OC)c21. The Kier molecular flexibility index (Phi) is 5.28. The molecular weight excluding hydrogens is 392 g/mol. The summed E-state index contributed by atoms with van der Waals surface area (Å²) in [6, 6.07) is 12.5. The normalized spacial score (nSPS) is 12.0. The minimum Gasteiger partial charge on any atom is -0.495 e. The molecule has 4 rings (SSSR count). The second-order valence-corrected chi connectivity index (χ2v) is 7.24. The zero-order valence-electron chi connectivity index (χ0n) is 15.9. The van der Waals surface area contributed by atoms with Gasteiger partial charge in [0, 0.05) is 13.7 Å². The number of benzene rings is 2. The quantitative estimate of drug-likeness (QED) is 0.505. The van der Waals surface area contributed by atoms with Gasteiger partial charge in [-0.25, -0.2) is 0 Å². The summed E-state index contributed by atoms with van der Waals surface area (Å²) in [6.07, 6.45) is 1.17. The van der Waals surface area contributed by atoms with Crippen molar-refractivity contribution in [2.24, 2.45) is 4.99 Å². The number of rotatable bonds is 5. The zero-order chi connectivity index (χ0) is 20.4. The number of thiazole rings is 1. The molecule has 4 aromatic rings. The van der Waals surface area contributed by atoms with Crippen LogP contribution in [0.25, 0.3) is 21.2 Å². The van der Waals surface area contributed by atoms with Crippen molar-refractivity contribution in [3.8, 4) is 5.75 Å². The fraction of sp³-hybridized carbons (Fsp3) is 0.190. The summed E-state index contributed by atoms with van der Waals surface area (Å²) in [5.41, 5.74) is 0.749. The van der Waals surface area contributed by atoms with Crippen LogP contribution in [0, 0.1) is 0 Å². The van der Waals surface area contributed by atoms with Crippen LogP contribution in [0.4, 0.5) is 0 Å². The average Bonchev–Trinajstić information content (AvgIpc) is 3.09. The van der Waals surface area contributed by atoms with Crippen molar-refractivity contribution < 1.29 is 18.7 Å². The van der Waals surface area contributed by atoms with Crippen LogP contribution in [0.5, 0.6) is 5.75 Å². The molecule has 0 bridgehead atoms. The van der Waals surface area contributed by atoms with Crippen LogP contribution in [0.3, 0.4) is 0 Å². The van der Waals surface area contributed by atoms with Crippen molar-refractivity contribution in [3.63, 3.8) is 0 Å². The lowest BCUT2D eigenvalue weighted by atomic mass is 10.2. The molecule has 7 nitrogen and oxygen atoms in total. The van der Waals surface area contributed by atoms with Crippen molar-refractivity contribution in [2.45, 2.75) is 6.54 Å². The van der Waals surface area contributed by atoms with Crippen molar-refractivity contribution in [2.75, 3.05) is 20.8 Å². The maximum atomic E-state index is 12.8. The Morgan fingerprint density at radius 2 is 2.00 bits per heavy atom. The van der Waals surface area contributed by atoms with Crippen molar-refractivity contribution in [1.29, 1.82) is 0 Å². The van der Waals surface area contributed by atoms with Crippen LogP contribution in [-0.2, 0) is 11.3 Å². The number of amides is 1. The molecule has 0 spiro atoms. The van der Waals surface area contributed by atoms with Gasteiger partial charge in [-0.2, -0.15) is 4.99 Å². The number of fused-ring (bicyclic) bond motifs is 2. The summed E-state index contributed by atoms with van der Waals surface area (Å²) in [4.78, 5) is 30.2. The number of nitrogens with zero attached hydrogens (tertiary/aromatic N) is 2. The summed E-state index contributed by atoms with van der Waals surface area (Å²) in [7, 11) is 3.20. The fourth-order valence-electron chi connectivity index (χ4n) is 3.11. The van der Waals surface area contributed by atoms with Gasteiger partial charge in [0.15, 0.2) is 4.80 Å². The van der Waals surface area contributed by atoms with Gasteiger partial charge in [-0.3, -0.25) is 9.59 Å². The largest absolute Gasteiger partial charge is 0.495 e. The van der Waals surface area contributed by atoms with Gasteiger partial charge in [-0.15, -0.1) is 0 Å². The first-order valence-corrected chi connectivity index (χ1v) is 9.70. The van der Waals surface area contributed by atoms with Crippen molar-refractivity contribution >= 4 is 38.4 Å². The molecule has 0 aliphatic heterocycles. The molecule has 8 heteroatoms. The van der Waals surface area contributed by atoms with Gasteiger partial charge in [0.2, 0.25) is 5.43 Å². The minimum atomic E-state index is -0.652. The maximum Gasteiger partial charge on any atom is 0.286 e. The lowest BCUT2D eigenvalue weighted by molar-refractivity contribution is 0.0994. The number of hydrogen-bond donors (Lipinski definition) is 0. The van der Waals surface area contributed by atoms with Gasteiger partial charge < -0.3 is 18.5 Å². The monoisotopic (exact) mass is 410 g/mol. The molecule has 0 aliphatic carbocycles. The van der Waals surface area contributed by atoms with Crippen molar-refractivity contribution in [1.82, 2.24) is 4.57 Å². The summed E-state index contributed by atoms with van der Waals surface area (Å²) in [6.45, 7) is 0.915. The van der Waals surface area contributed by atoms with Gasteiger partial charge >= 0.3 is 0 Å². The molecule has 1 amide bonds. The standard InChI is InChI=1S/C21H18N2O5S/c1-26-11-10-23-18-16(27-2)8-5-9-17(18)29-21(23)22-20(25)14-12-28-15-7-4-3-6-13(15)19(14)24/h3-9,12H,10-11H2,1-2H3. The molecule has 0 fully saturated rings. The second-order valence-electron chi connectivity index (χ2n) is 6.23. The Morgan fingerprint density at radius 3 is 2.79 bits per heavy atom. The smallest absolute Gasteiger partial charge is 0.286 e. The van der Waals surface area contributed by atoms with Crippen LogP contribution >= 0.6 is 11.3 Å². The molecular formula is C21H18N2O5S. The topological polar surface area (TPSA) is 83.0 Å². The van der Waals surface area contributed by atoms with E-state index < -0.39 is 11.3 Å². The maximum absolute atomic E-state index is 12.8. The van der Waals surface area contributed by atoms with Gasteiger partial charge in [0.25, 0.3) is 5.91 Å². The Morgan fingerprint density at radius 1 is 1.17 bits per heavy atom. The van der Waals surface area contributed by atoms with E-state index in [-0.39, 0.29) is 5.56 Å². The van der Waals surface area contributed by atoms with Gasteiger partial charge in [-0.1, -0.05) is 29.5 Å². The molecule has 0 unspecified atom stereocenters. The summed E-state index contributed by atoms with van der Waals surface area (Å²) >= 11 is 1.34. The highest BCUT2D eigenvalue weighted by atomic mass is 32.1. The molecule has 2 aromatic carbocycles. The third kappa shape index (κ3) is 3.48. The number of para-hydroxylation sites is 2. The van der Waals surface area contributed by atoms with Crippen LogP contribution in [-0.4, -0.2) is 31.3 Å². The molecule has 0 saturated carbocycles. The van der Waals surface area contributed by atoms with E-state index in [1.165, 1.54) is 17.6 Å². The zero-order valence-corrected chi connectivity index (χ0v) is 16.7. The summed E-state index contributed by atoms with van der Waals surface area (Å²) < 4.78 is 18.9. The Bertz CT molecular complexity index is 1330. The van der Waals surface area contributed by atoms with E-state index in [1.807, 2.05) is 22.8 Å². The fourth-order valence-corrected chi connectivity index (χ4v) is 4.18. The number of aromatic nitrogens is 1. The van der Waals surface area contributed by atoms with Gasteiger partial charge in [0.1, 0.15) is 28.7 Å². The lowest BCUT2D eigenvalue weighted by Crippen LogP contribution is -2.21. The summed E-state index contributed by atoms with van der Waals surface area (Å²) in [5, 5.41) is 0.346. The molecule has 2 heterocycles. The Balaban J connectivity index is 1.89. The number of methoxy groups -OCH3 is 2. The minimum absolute atomic E-state index is 0.105.